The molecule has 2 aromatic rings. The van der Waals surface area contributed by atoms with Crippen LogP contribution in [0.5, 0.6) is 0 Å². The summed E-state index contributed by atoms with van der Waals surface area (Å²) in [5, 5.41) is 5.00. The third-order valence-electron chi connectivity index (χ3n) is 3.45. The number of fused-ring (bicyclic) bond motifs is 1. The predicted molar refractivity (Wildman–Crippen MR) is 82.3 cm³/mol. The topological polar surface area (TPSA) is 61.2 Å². The molecule has 1 aromatic carbocycles. The molecule has 1 fully saturated rings. The van der Waals surface area contributed by atoms with E-state index >= 15 is 0 Å². The average Bonchev–Trinajstić information content (AvgIpc) is 3.26. The van der Waals surface area contributed by atoms with Crippen molar-refractivity contribution >= 4 is 32.8 Å². The predicted octanol–water partition coefficient (Wildman–Crippen LogP) is 2.60. The summed E-state index contributed by atoms with van der Waals surface area (Å²) in [6.07, 6.45) is 2.03. The van der Waals surface area contributed by atoms with E-state index in [4.69, 9.17) is 4.74 Å². The second-order valence-corrected chi connectivity index (χ2v) is 6.01. The highest BCUT2D eigenvalue weighted by molar-refractivity contribution is 9.10. The maximum Gasteiger partial charge on any atom is 0.312 e. The first-order chi connectivity index (χ1) is 10.1. The molecule has 0 atom stereocenters. The van der Waals surface area contributed by atoms with E-state index in [1.165, 1.54) is 0 Å². The molecule has 1 aromatic heterocycles. The van der Waals surface area contributed by atoms with Gasteiger partial charge in [0.2, 0.25) is 5.43 Å². The van der Waals surface area contributed by atoms with Gasteiger partial charge in [0.15, 0.2) is 0 Å². The van der Waals surface area contributed by atoms with Gasteiger partial charge in [-0.15, -0.1) is 0 Å². The number of carbonyl (C=O) groups is 1. The smallest absolute Gasteiger partial charge is 0.312 e. The summed E-state index contributed by atoms with van der Waals surface area (Å²) in [5.74, 6) is -0.416. The Hall–Kier alpha value is -1.69. The number of aromatic nitrogens is 2. The van der Waals surface area contributed by atoms with Gasteiger partial charge in [-0.1, -0.05) is 15.9 Å². The van der Waals surface area contributed by atoms with E-state index in [-0.39, 0.29) is 17.5 Å². The van der Waals surface area contributed by atoms with Crippen LogP contribution in [0.15, 0.2) is 27.5 Å². The molecule has 6 heteroatoms. The van der Waals surface area contributed by atoms with Crippen molar-refractivity contribution in [2.24, 2.45) is 0 Å². The lowest BCUT2D eigenvalue weighted by Crippen LogP contribution is -2.22. The van der Waals surface area contributed by atoms with Crippen molar-refractivity contribution in [3.63, 3.8) is 0 Å². The lowest BCUT2D eigenvalue weighted by molar-refractivity contribution is -0.142. The van der Waals surface area contributed by atoms with Crippen LogP contribution in [-0.4, -0.2) is 22.4 Å². The first-order valence-corrected chi connectivity index (χ1v) is 7.76. The summed E-state index contributed by atoms with van der Waals surface area (Å²) in [6, 6.07) is 5.82. The fraction of sp³-hybridized carbons (Fsp3) is 0.400. The van der Waals surface area contributed by atoms with E-state index in [9.17, 15) is 9.59 Å². The standard InChI is InChI=1S/C15H15BrN2O3/c1-2-21-14(19)8-12-15(20)11-6-3-9(16)7-13(11)18(17-12)10-4-5-10/h3,6-7,10H,2,4-5,8H2,1H3. The van der Waals surface area contributed by atoms with Gasteiger partial charge in [-0.05, 0) is 38.0 Å². The van der Waals surface area contributed by atoms with Crippen molar-refractivity contribution in [1.29, 1.82) is 0 Å². The number of hydrogen-bond donors (Lipinski definition) is 0. The molecule has 0 N–H and O–H groups in total. The van der Waals surface area contributed by atoms with Crippen LogP contribution in [0.4, 0.5) is 0 Å². The van der Waals surface area contributed by atoms with Gasteiger partial charge in [0, 0.05) is 9.86 Å². The van der Waals surface area contributed by atoms with Gasteiger partial charge in [-0.2, -0.15) is 5.10 Å². The van der Waals surface area contributed by atoms with Crippen molar-refractivity contribution in [3.05, 3.63) is 38.6 Å². The Morgan fingerprint density at radius 3 is 2.90 bits per heavy atom. The van der Waals surface area contributed by atoms with Gasteiger partial charge >= 0.3 is 5.97 Å². The summed E-state index contributed by atoms with van der Waals surface area (Å²) >= 11 is 3.42. The Morgan fingerprint density at radius 1 is 1.48 bits per heavy atom. The molecule has 110 valence electrons. The van der Waals surface area contributed by atoms with Gasteiger partial charge in [0.1, 0.15) is 5.69 Å². The molecule has 0 radical (unpaired) electrons. The molecule has 0 spiro atoms. The third kappa shape index (κ3) is 2.85. The van der Waals surface area contributed by atoms with Crippen molar-refractivity contribution in [2.45, 2.75) is 32.2 Å². The van der Waals surface area contributed by atoms with Crippen LogP contribution in [0.25, 0.3) is 10.9 Å². The highest BCUT2D eigenvalue weighted by Gasteiger charge is 2.27. The first-order valence-electron chi connectivity index (χ1n) is 6.96. The molecule has 0 amide bonds. The fourth-order valence-corrected chi connectivity index (χ4v) is 2.68. The number of rotatable bonds is 4. The number of carbonyl (C=O) groups excluding carboxylic acids is 1. The van der Waals surface area contributed by atoms with Gasteiger partial charge in [0.25, 0.3) is 0 Å². The molecule has 0 bridgehead atoms. The van der Waals surface area contributed by atoms with Crippen LogP contribution in [0, 0.1) is 0 Å². The molecular weight excluding hydrogens is 336 g/mol. The number of benzene rings is 1. The van der Waals surface area contributed by atoms with Crippen LogP contribution < -0.4 is 5.43 Å². The number of ether oxygens (including phenoxy) is 1. The largest absolute Gasteiger partial charge is 0.466 e. The van der Waals surface area contributed by atoms with Crippen LogP contribution in [0.1, 0.15) is 31.5 Å². The normalized spacial score (nSPS) is 14.4. The monoisotopic (exact) mass is 350 g/mol. The number of nitrogens with zero attached hydrogens (tertiary/aromatic N) is 2. The Kier molecular flexibility index (Phi) is 3.80. The zero-order valence-electron chi connectivity index (χ0n) is 11.6. The minimum absolute atomic E-state index is 0.0780. The summed E-state index contributed by atoms with van der Waals surface area (Å²) in [4.78, 5) is 24.1. The molecule has 1 heterocycles. The molecule has 0 aliphatic heterocycles. The van der Waals surface area contributed by atoms with E-state index < -0.39 is 5.97 Å². The van der Waals surface area contributed by atoms with E-state index in [1.807, 2.05) is 16.8 Å². The summed E-state index contributed by atoms with van der Waals surface area (Å²) in [6.45, 7) is 2.04. The van der Waals surface area contributed by atoms with Crippen molar-refractivity contribution in [3.8, 4) is 0 Å². The maximum atomic E-state index is 12.5. The minimum Gasteiger partial charge on any atom is -0.466 e. The lowest BCUT2D eigenvalue weighted by Gasteiger charge is -2.11. The van der Waals surface area contributed by atoms with Gasteiger partial charge in [-0.25, -0.2) is 0 Å². The number of halogens is 1. The van der Waals surface area contributed by atoms with Crippen molar-refractivity contribution in [2.75, 3.05) is 6.61 Å². The SMILES string of the molecule is CCOC(=O)Cc1nn(C2CC2)c2cc(Br)ccc2c1=O. The molecular formula is C15H15BrN2O3. The molecule has 3 rings (SSSR count). The number of esters is 1. The van der Waals surface area contributed by atoms with Gasteiger partial charge in [0.05, 0.1) is 24.6 Å². The van der Waals surface area contributed by atoms with Crippen LogP contribution in [-0.2, 0) is 16.0 Å². The van der Waals surface area contributed by atoms with Gasteiger partial charge < -0.3 is 4.74 Å². The summed E-state index contributed by atoms with van der Waals surface area (Å²) in [7, 11) is 0. The Balaban J connectivity index is 2.13. The van der Waals surface area contributed by atoms with E-state index in [0.29, 0.717) is 18.0 Å². The van der Waals surface area contributed by atoms with Crippen molar-refractivity contribution in [1.82, 2.24) is 9.78 Å². The Morgan fingerprint density at radius 2 is 2.24 bits per heavy atom. The second kappa shape index (κ2) is 5.60. The van der Waals surface area contributed by atoms with Crippen LogP contribution in [0.2, 0.25) is 0 Å². The molecule has 1 saturated carbocycles. The second-order valence-electron chi connectivity index (χ2n) is 5.09. The maximum absolute atomic E-state index is 12.5. The Bertz CT molecular complexity index is 765. The van der Waals surface area contributed by atoms with E-state index in [2.05, 4.69) is 21.0 Å². The molecule has 0 unspecified atom stereocenters. The number of hydrogen-bond acceptors (Lipinski definition) is 4. The molecule has 1 aliphatic carbocycles. The average molecular weight is 351 g/mol. The Labute approximate surface area is 130 Å². The van der Waals surface area contributed by atoms with Crippen LogP contribution >= 0.6 is 15.9 Å². The van der Waals surface area contributed by atoms with E-state index in [1.54, 1.807) is 13.0 Å². The lowest BCUT2D eigenvalue weighted by atomic mass is 10.1. The third-order valence-corrected chi connectivity index (χ3v) is 3.94. The molecule has 1 aliphatic rings. The van der Waals surface area contributed by atoms with Crippen LogP contribution in [0.3, 0.4) is 0 Å². The highest BCUT2D eigenvalue weighted by atomic mass is 79.9. The highest BCUT2D eigenvalue weighted by Crippen LogP contribution is 2.36. The van der Waals surface area contributed by atoms with Gasteiger partial charge in [-0.3, -0.25) is 14.3 Å². The zero-order chi connectivity index (χ0) is 15.0. The quantitative estimate of drug-likeness (QED) is 0.795. The summed E-state index contributed by atoms with van der Waals surface area (Å²) < 4.78 is 7.69. The van der Waals surface area contributed by atoms with Crippen molar-refractivity contribution < 1.29 is 9.53 Å². The fourth-order valence-electron chi connectivity index (χ4n) is 2.33. The first kappa shape index (κ1) is 14.3. The zero-order valence-corrected chi connectivity index (χ0v) is 13.2. The molecule has 21 heavy (non-hydrogen) atoms. The van der Waals surface area contributed by atoms with E-state index in [0.717, 1.165) is 22.8 Å². The molecule has 5 nitrogen and oxygen atoms in total. The summed E-state index contributed by atoms with van der Waals surface area (Å²) in [5.41, 5.74) is 0.877. The molecule has 0 saturated heterocycles. The minimum atomic E-state index is -0.416.